The Morgan fingerprint density at radius 3 is 3.00 bits per heavy atom. The molecule has 1 aromatic heterocycles. The quantitative estimate of drug-likeness (QED) is 0.832. The van der Waals surface area contributed by atoms with Gasteiger partial charge in [-0.25, -0.2) is 9.78 Å². The van der Waals surface area contributed by atoms with E-state index in [2.05, 4.69) is 14.7 Å². The number of carbonyl (C=O) groups is 3. The monoisotopic (exact) mass is 365 g/mol. The maximum Gasteiger partial charge on any atom is 0.339 e. The predicted molar refractivity (Wildman–Crippen MR) is 87.3 cm³/mol. The van der Waals surface area contributed by atoms with Crippen LogP contribution in [-0.2, 0) is 27.2 Å². The van der Waals surface area contributed by atoms with E-state index < -0.39 is 18.0 Å². The Kier molecular flexibility index (Phi) is 4.59. The van der Waals surface area contributed by atoms with Gasteiger partial charge < -0.3 is 4.74 Å². The molecule has 0 fully saturated rings. The third-order valence-corrected chi connectivity index (χ3v) is 4.25. The summed E-state index contributed by atoms with van der Waals surface area (Å²) < 4.78 is 9.15. The molecule has 1 aromatic carbocycles. The fourth-order valence-corrected chi connectivity index (χ4v) is 3.04. The maximum absolute atomic E-state index is 12.3. The number of halogens is 1. The van der Waals surface area contributed by atoms with Crippen LogP contribution in [0.5, 0.6) is 0 Å². The molecule has 24 heavy (non-hydrogen) atoms. The number of rotatable bonds is 4. The predicted octanol–water partition coefficient (Wildman–Crippen LogP) is 2.04. The number of nitrogens with zero attached hydrogens (tertiary/aromatic N) is 2. The molecular weight excluding hydrogens is 354 g/mol. The molecule has 0 saturated carbocycles. The number of amides is 1. The summed E-state index contributed by atoms with van der Waals surface area (Å²) in [7, 11) is 0. The molecule has 1 aliphatic rings. The summed E-state index contributed by atoms with van der Waals surface area (Å²) in [5.41, 5.74) is 1.07. The molecule has 0 unspecified atom stereocenters. The Morgan fingerprint density at radius 2 is 2.25 bits per heavy atom. The van der Waals surface area contributed by atoms with E-state index in [0.29, 0.717) is 22.0 Å². The normalized spacial score (nSPS) is 16.2. The first-order valence-corrected chi connectivity index (χ1v) is 8.20. The molecular formula is C15H12ClN3O4S. The van der Waals surface area contributed by atoms with E-state index in [0.717, 1.165) is 11.5 Å². The Labute approximate surface area is 146 Å². The van der Waals surface area contributed by atoms with Crippen LogP contribution in [-0.4, -0.2) is 33.1 Å². The molecule has 0 radical (unpaired) electrons. The molecule has 2 heterocycles. The second kappa shape index (κ2) is 6.66. The highest BCUT2D eigenvalue weighted by atomic mass is 35.5. The fourth-order valence-electron chi connectivity index (χ4n) is 2.28. The van der Waals surface area contributed by atoms with Crippen molar-refractivity contribution in [3.8, 4) is 0 Å². The van der Waals surface area contributed by atoms with E-state index >= 15 is 0 Å². The SMILES string of the molecule is CC(=O)Cc1nsc(NC(=O)[C@@H]2Cc3ccc(Cl)cc3C(=O)O2)n1. The summed E-state index contributed by atoms with van der Waals surface area (Å²) >= 11 is 6.83. The Balaban J connectivity index is 1.70. The van der Waals surface area contributed by atoms with Gasteiger partial charge in [0.15, 0.2) is 11.9 Å². The van der Waals surface area contributed by atoms with Crippen LogP contribution in [0.3, 0.4) is 0 Å². The van der Waals surface area contributed by atoms with Gasteiger partial charge in [-0.15, -0.1) is 0 Å². The van der Waals surface area contributed by atoms with Crippen molar-refractivity contribution in [1.29, 1.82) is 0 Å². The minimum Gasteiger partial charge on any atom is -0.448 e. The smallest absolute Gasteiger partial charge is 0.339 e. The van der Waals surface area contributed by atoms with E-state index in [-0.39, 0.29) is 23.8 Å². The zero-order valence-electron chi connectivity index (χ0n) is 12.5. The number of ether oxygens (including phenoxy) is 1. The lowest BCUT2D eigenvalue weighted by Crippen LogP contribution is -2.38. The highest BCUT2D eigenvalue weighted by Crippen LogP contribution is 2.25. The van der Waals surface area contributed by atoms with Crippen molar-refractivity contribution in [3.63, 3.8) is 0 Å². The number of hydrogen-bond donors (Lipinski definition) is 1. The number of anilines is 1. The number of esters is 1. The van der Waals surface area contributed by atoms with E-state index in [9.17, 15) is 14.4 Å². The maximum atomic E-state index is 12.3. The van der Waals surface area contributed by atoms with Crippen LogP contribution in [0, 0.1) is 0 Å². The molecule has 1 aliphatic heterocycles. The first-order chi connectivity index (χ1) is 11.4. The van der Waals surface area contributed by atoms with E-state index in [4.69, 9.17) is 16.3 Å². The zero-order chi connectivity index (χ0) is 17.3. The number of ketones is 1. The highest BCUT2D eigenvalue weighted by molar-refractivity contribution is 7.09. The lowest BCUT2D eigenvalue weighted by Gasteiger charge is -2.23. The molecule has 3 rings (SSSR count). The Morgan fingerprint density at radius 1 is 1.46 bits per heavy atom. The van der Waals surface area contributed by atoms with Crippen molar-refractivity contribution in [1.82, 2.24) is 9.36 Å². The number of hydrogen-bond acceptors (Lipinski definition) is 7. The molecule has 0 saturated heterocycles. The number of cyclic esters (lactones) is 1. The van der Waals surface area contributed by atoms with Crippen molar-refractivity contribution in [2.45, 2.75) is 25.9 Å². The molecule has 7 nitrogen and oxygen atoms in total. The first-order valence-electron chi connectivity index (χ1n) is 7.04. The van der Waals surface area contributed by atoms with Crippen LogP contribution < -0.4 is 5.32 Å². The van der Waals surface area contributed by atoms with Gasteiger partial charge in [0.2, 0.25) is 5.13 Å². The number of aromatic nitrogens is 2. The van der Waals surface area contributed by atoms with E-state index in [1.807, 2.05) is 0 Å². The van der Waals surface area contributed by atoms with E-state index in [1.165, 1.54) is 13.0 Å². The largest absolute Gasteiger partial charge is 0.448 e. The van der Waals surface area contributed by atoms with Gasteiger partial charge in [0.25, 0.3) is 5.91 Å². The summed E-state index contributed by atoms with van der Waals surface area (Å²) in [6.45, 7) is 1.43. The highest BCUT2D eigenvalue weighted by Gasteiger charge is 2.32. The number of carbonyl (C=O) groups excluding carboxylic acids is 3. The third kappa shape index (κ3) is 3.60. The van der Waals surface area contributed by atoms with Crippen LogP contribution in [0.25, 0.3) is 0 Å². The van der Waals surface area contributed by atoms with Crippen LogP contribution in [0.15, 0.2) is 18.2 Å². The summed E-state index contributed by atoms with van der Waals surface area (Å²) in [6, 6.07) is 4.88. The Hall–Kier alpha value is -2.32. The van der Waals surface area contributed by atoms with Crippen molar-refractivity contribution in [3.05, 3.63) is 40.2 Å². The summed E-state index contributed by atoms with van der Waals surface area (Å²) in [4.78, 5) is 39.4. The van der Waals surface area contributed by atoms with Gasteiger partial charge in [0.05, 0.1) is 12.0 Å². The van der Waals surface area contributed by atoms with Crippen LogP contribution in [0.2, 0.25) is 5.02 Å². The summed E-state index contributed by atoms with van der Waals surface area (Å²) in [6.07, 6.45) is -0.589. The van der Waals surface area contributed by atoms with Gasteiger partial charge >= 0.3 is 5.97 Å². The number of benzene rings is 1. The third-order valence-electron chi connectivity index (χ3n) is 3.34. The fraction of sp³-hybridized carbons (Fsp3) is 0.267. The lowest BCUT2D eigenvalue weighted by atomic mass is 9.98. The summed E-state index contributed by atoms with van der Waals surface area (Å²) in [5, 5.41) is 3.25. The first kappa shape index (κ1) is 16.5. The summed E-state index contributed by atoms with van der Waals surface area (Å²) in [5.74, 6) is -0.798. The van der Waals surface area contributed by atoms with Gasteiger partial charge in [-0.05, 0) is 24.6 Å². The molecule has 2 aromatic rings. The molecule has 0 spiro atoms. The van der Waals surface area contributed by atoms with Crippen molar-refractivity contribution >= 4 is 45.9 Å². The number of Topliss-reactive ketones (excluding diaryl/α,β-unsaturated/α-hetero) is 1. The minimum atomic E-state index is -0.952. The van der Waals surface area contributed by atoms with Gasteiger partial charge in [0.1, 0.15) is 5.78 Å². The van der Waals surface area contributed by atoms with E-state index in [1.54, 1.807) is 12.1 Å². The van der Waals surface area contributed by atoms with Crippen molar-refractivity contribution < 1.29 is 19.1 Å². The molecule has 1 N–H and O–H groups in total. The van der Waals surface area contributed by atoms with Crippen molar-refractivity contribution in [2.75, 3.05) is 5.32 Å². The topological polar surface area (TPSA) is 98.2 Å². The second-order valence-corrected chi connectivity index (χ2v) is 6.47. The van der Waals surface area contributed by atoms with Gasteiger partial charge in [-0.3, -0.25) is 14.9 Å². The second-order valence-electron chi connectivity index (χ2n) is 5.28. The lowest BCUT2D eigenvalue weighted by molar-refractivity contribution is -0.125. The van der Waals surface area contributed by atoms with Crippen molar-refractivity contribution in [2.24, 2.45) is 0 Å². The van der Waals surface area contributed by atoms with Crippen LogP contribution in [0.4, 0.5) is 5.13 Å². The minimum absolute atomic E-state index is 0.0674. The number of nitrogens with one attached hydrogen (secondary N) is 1. The zero-order valence-corrected chi connectivity index (χ0v) is 14.1. The standard InChI is InChI=1S/C15H12ClN3O4S/c1-7(20)4-12-17-15(24-19-12)18-13(21)11-5-8-2-3-9(16)6-10(8)14(22)23-11/h2-3,6,11H,4-5H2,1H3,(H,17,18,19,21)/t11-/m0/s1. The molecule has 1 atom stereocenters. The van der Waals surface area contributed by atoms with Gasteiger partial charge in [-0.1, -0.05) is 17.7 Å². The van der Waals surface area contributed by atoms with Gasteiger partial charge in [0, 0.05) is 23.0 Å². The number of fused-ring (bicyclic) bond motifs is 1. The van der Waals surface area contributed by atoms with Crippen LogP contribution in [0.1, 0.15) is 28.7 Å². The Bertz CT molecular complexity index is 836. The molecule has 0 bridgehead atoms. The molecule has 124 valence electrons. The van der Waals surface area contributed by atoms with Crippen LogP contribution >= 0.6 is 23.1 Å². The van der Waals surface area contributed by atoms with Gasteiger partial charge in [-0.2, -0.15) is 4.37 Å². The molecule has 0 aliphatic carbocycles. The average Bonchev–Trinajstić information content (AvgIpc) is 2.94. The average molecular weight is 366 g/mol. The molecule has 1 amide bonds. The molecule has 9 heteroatoms.